The molecule has 0 atom stereocenters. The summed E-state index contributed by atoms with van der Waals surface area (Å²) in [6.07, 6.45) is 1.77. The Kier molecular flexibility index (Phi) is 3.13. The van der Waals surface area contributed by atoms with Gasteiger partial charge in [-0.2, -0.15) is 0 Å². The van der Waals surface area contributed by atoms with E-state index in [2.05, 4.69) is 36.8 Å². The molecule has 0 aliphatic carbocycles. The third-order valence-corrected chi connectivity index (χ3v) is 5.22. The normalized spacial score (nSPS) is 11.0. The van der Waals surface area contributed by atoms with E-state index >= 15 is 0 Å². The van der Waals surface area contributed by atoms with E-state index in [0.717, 1.165) is 24.7 Å². The van der Waals surface area contributed by atoms with E-state index in [-0.39, 0.29) is 5.78 Å². The van der Waals surface area contributed by atoms with Crippen LogP contribution < -0.4 is 0 Å². The Labute approximate surface area is 124 Å². The zero-order valence-corrected chi connectivity index (χ0v) is 13.0. The molecule has 0 saturated carbocycles. The summed E-state index contributed by atoms with van der Waals surface area (Å²) < 4.78 is 1.77. The van der Waals surface area contributed by atoms with Crippen LogP contribution in [0.4, 0.5) is 0 Å². The fourth-order valence-corrected chi connectivity index (χ4v) is 3.98. The molecule has 0 bridgehead atoms. The molecule has 0 aliphatic heterocycles. The quantitative estimate of drug-likeness (QED) is 0.620. The van der Waals surface area contributed by atoms with Crippen molar-refractivity contribution in [2.75, 3.05) is 0 Å². The second kappa shape index (κ2) is 4.64. The maximum absolute atomic E-state index is 12.5. The minimum absolute atomic E-state index is 0.0371. The van der Waals surface area contributed by atoms with Gasteiger partial charge in [0.05, 0.1) is 4.88 Å². The van der Waals surface area contributed by atoms with E-state index in [9.17, 15) is 4.79 Å². The Hall–Kier alpha value is -0.910. The highest BCUT2D eigenvalue weighted by molar-refractivity contribution is 9.11. The molecule has 0 spiro atoms. The number of benzene rings is 1. The molecule has 1 N–H and O–H groups in total. The lowest BCUT2D eigenvalue weighted by Crippen LogP contribution is -1.98. The Morgan fingerprint density at radius 1 is 1.17 bits per heavy atom. The number of ketones is 1. The van der Waals surface area contributed by atoms with E-state index < -0.39 is 0 Å². The number of hydrogen-bond donors (Lipinski definition) is 1. The molecule has 0 fully saturated rings. The van der Waals surface area contributed by atoms with Crippen LogP contribution in [0.1, 0.15) is 15.2 Å². The number of aromatic amines is 1. The van der Waals surface area contributed by atoms with Crippen molar-refractivity contribution in [3.05, 3.63) is 55.2 Å². The van der Waals surface area contributed by atoms with E-state index in [4.69, 9.17) is 0 Å². The van der Waals surface area contributed by atoms with Crippen molar-refractivity contribution in [3.63, 3.8) is 0 Å². The van der Waals surface area contributed by atoms with Gasteiger partial charge in [0.1, 0.15) is 0 Å². The monoisotopic (exact) mass is 383 g/mol. The summed E-state index contributed by atoms with van der Waals surface area (Å²) in [6.45, 7) is 0. The second-order valence-electron chi connectivity index (χ2n) is 3.79. The number of halogens is 2. The molecule has 0 unspecified atom stereocenters. The number of H-pyrrole nitrogens is 1. The number of carbonyl (C=O) groups is 1. The number of rotatable bonds is 2. The zero-order valence-electron chi connectivity index (χ0n) is 9.04. The molecule has 5 heteroatoms. The summed E-state index contributed by atoms with van der Waals surface area (Å²) in [5, 5.41) is 2.84. The number of thiophene rings is 1. The van der Waals surface area contributed by atoms with Crippen LogP contribution in [-0.2, 0) is 0 Å². The summed E-state index contributed by atoms with van der Waals surface area (Å²) >= 11 is 8.34. The Morgan fingerprint density at radius 3 is 2.72 bits per heavy atom. The van der Waals surface area contributed by atoms with Gasteiger partial charge in [0.2, 0.25) is 5.78 Å². The molecule has 2 heterocycles. The van der Waals surface area contributed by atoms with Crippen molar-refractivity contribution in [1.82, 2.24) is 4.98 Å². The molecule has 90 valence electrons. The van der Waals surface area contributed by atoms with Crippen molar-refractivity contribution in [2.24, 2.45) is 0 Å². The van der Waals surface area contributed by atoms with Gasteiger partial charge in [-0.25, -0.2) is 0 Å². The summed E-state index contributed by atoms with van der Waals surface area (Å²) in [5.74, 6) is 0.0371. The Balaban J connectivity index is 2.22. The van der Waals surface area contributed by atoms with Crippen molar-refractivity contribution >= 4 is 59.9 Å². The maximum Gasteiger partial charge on any atom is 0.206 e. The molecule has 1 aromatic carbocycles. The van der Waals surface area contributed by atoms with E-state index in [1.54, 1.807) is 6.20 Å². The van der Waals surface area contributed by atoms with Gasteiger partial charge >= 0.3 is 0 Å². The molecule has 18 heavy (non-hydrogen) atoms. The standard InChI is InChI=1S/C13H7Br2NOS/c14-8-2-1-3-10-11(8)7(6-16-10)12(17)13-9(15)4-5-18-13/h1-6,16H. The minimum atomic E-state index is 0.0371. The molecule has 2 nitrogen and oxygen atoms in total. The van der Waals surface area contributed by atoms with Crippen LogP contribution in [-0.4, -0.2) is 10.8 Å². The highest BCUT2D eigenvalue weighted by Crippen LogP contribution is 2.31. The molecule has 0 saturated heterocycles. The van der Waals surface area contributed by atoms with Gasteiger partial charge in [-0.15, -0.1) is 11.3 Å². The third-order valence-electron chi connectivity index (χ3n) is 2.72. The topological polar surface area (TPSA) is 32.9 Å². The maximum atomic E-state index is 12.5. The number of carbonyl (C=O) groups excluding carboxylic acids is 1. The largest absolute Gasteiger partial charge is 0.360 e. The fraction of sp³-hybridized carbons (Fsp3) is 0. The van der Waals surface area contributed by atoms with Gasteiger partial charge in [0.15, 0.2) is 0 Å². The van der Waals surface area contributed by atoms with Crippen molar-refractivity contribution in [1.29, 1.82) is 0 Å². The van der Waals surface area contributed by atoms with Crippen LogP contribution in [0.25, 0.3) is 10.9 Å². The first-order valence-electron chi connectivity index (χ1n) is 5.22. The fourth-order valence-electron chi connectivity index (χ4n) is 1.90. The first kappa shape index (κ1) is 12.1. The molecular formula is C13H7Br2NOS. The summed E-state index contributed by atoms with van der Waals surface area (Å²) in [5.41, 5.74) is 1.65. The second-order valence-corrected chi connectivity index (χ2v) is 6.42. The summed E-state index contributed by atoms with van der Waals surface area (Å²) in [6, 6.07) is 7.73. The lowest BCUT2D eigenvalue weighted by molar-refractivity contribution is 0.104. The van der Waals surface area contributed by atoms with Crippen LogP contribution in [0.15, 0.2) is 44.8 Å². The highest BCUT2D eigenvalue weighted by Gasteiger charge is 2.18. The van der Waals surface area contributed by atoms with Crippen LogP contribution in [0, 0.1) is 0 Å². The van der Waals surface area contributed by atoms with Gasteiger partial charge in [0.25, 0.3) is 0 Å². The zero-order chi connectivity index (χ0) is 12.7. The van der Waals surface area contributed by atoms with E-state index in [0.29, 0.717) is 5.56 Å². The molecule has 0 amide bonds. The van der Waals surface area contributed by atoms with Crippen LogP contribution in [0.3, 0.4) is 0 Å². The molecule has 2 aromatic heterocycles. The first-order chi connectivity index (χ1) is 8.68. The number of nitrogens with one attached hydrogen (secondary N) is 1. The molecule has 3 rings (SSSR count). The third kappa shape index (κ3) is 1.86. The van der Waals surface area contributed by atoms with E-state index in [1.165, 1.54) is 11.3 Å². The number of hydrogen-bond acceptors (Lipinski definition) is 2. The highest BCUT2D eigenvalue weighted by atomic mass is 79.9. The molecule has 3 aromatic rings. The predicted molar refractivity (Wildman–Crippen MR) is 81.5 cm³/mol. The summed E-state index contributed by atoms with van der Waals surface area (Å²) in [4.78, 5) is 16.4. The SMILES string of the molecule is O=C(c1sccc1Br)c1c[nH]c2cccc(Br)c12. The predicted octanol–water partition coefficient (Wildman–Crippen LogP) is 4.99. The van der Waals surface area contributed by atoms with Gasteiger partial charge < -0.3 is 4.98 Å². The minimum Gasteiger partial charge on any atom is -0.360 e. The average molecular weight is 385 g/mol. The summed E-state index contributed by atoms with van der Waals surface area (Å²) in [7, 11) is 0. The van der Waals surface area contributed by atoms with Gasteiger partial charge in [0, 0.05) is 31.6 Å². The van der Waals surface area contributed by atoms with Gasteiger partial charge in [-0.1, -0.05) is 22.0 Å². The Morgan fingerprint density at radius 2 is 2.00 bits per heavy atom. The van der Waals surface area contributed by atoms with Crippen molar-refractivity contribution in [2.45, 2.75) is 0 Å². The number of aromatic nitrogens is 1. The molecular weight excluding hydrogens is 378 g/mol. The average Bonchev–Trinajstić information content (AvgIpc) is 2.95. The van der Waals surface area contributed by atoms with Crippen LogP contribution in [0.5, 0.6) is 0 Å². The molecule has 0 aliphatic rings. The van der Waals surface area contributed by atoms with Gasteiger partial charge in [-0.3, -0.25) is 4.79 Å². The lowest BCUT2D eigenvalue weighted by atomic mass is 10.1. The van der Waals surface area contributed by atoms with Gasteiger partial charge in [-0.05, 0) is 39.5 Å². The molecule has 0 radical (unpaired) electrons. The van der Waals surface area contributed by atoms with Crippen LogP contribution >= 0.6 is 43.2 Å². The lowest BCUT2D eigenvalue weighted by Gasteiger charge is -1.99. The van der Waals surface area contributed by atoms with Crippen molar-refractivity contribution in [3.8, 4) is 0 Å². The number of fused-ring (bicyclic) bond motifs is 1. The smallest absolute Gasteiger partial charge is 0.206 e. The van der Waals surface area contributed by atoms with Crippen LogP contribution in [0.2, 0.25) is 0 Å². The van der Waals surface area contributed by atoms with E-state index in [1.807, 2.05) is 29.6 Å². The Bertz CT molecular complexity index is 744. The first-order valence-corrected chi connectivity index (χ1v) is 7.68. The van der Waals surface area contributed by atoms with Crippen molar-refractivity contribution < 1.29 is 4.79 Å².